The van der Waals surface area contributed by atoms with Gasteiger partial charge in [-0.25, -0.2) is 0 Å². The molecule has 0 spiro atoms. The van der Waals surface area contributed by atoms with Gasteiger partial charge >= 0.3 is 0 Å². The molecule has 2 saturated heterocycles. The number of aliphatic hydroxyl groups excluding tert-OH is 1. The fourth-order valence-corrected chi connectivity index (χ4v) is 3.92. The van der Waals surface area contributed by atoms with Gasteiger partial charge in [-0.3, -0.25) is 10.2 Å². The lowest BCUT2D eigenvalue weighted by Crippen LogP contribution is -2.53. The van der Waals surface area contributed by atoms with E-state index < -0.39 is 0 Å². The molecule has 3 N–H and O–H groups in total. The topological polar surface area (TPSA) is 47.5 Å². The lowest BCUT2D eigenvalue weighted by Gasteiger charge is -2.37. The Morgan fingerprint density at radius 1 is 1.44 bits per heavy atom. The van der Waals surface area contributed by atoms with Crippen LogP contribution in [0.5, 0.6) is 0 Å². The van der Waals surface area contributed by atoms with Crippen LogP contribution in [0.4, 0.5) is 0 Å². The predicted octanol–water partition coefficient (Wildman–Crippen LogP) is 0.154. The Kier molecular flexibility index (Phi) is 3.71. The third-order valence-corrected chi connectivity index (χ3v) is 4.89. The van der Waals surface area contributed by atoms with Gasteiger partial charge in [-0.1, -0.05) is 11.6 Å². The van der Waals surface area contributed by atoms with Crippen LogP contribution in [0, 0.1) is 11.8 Å². The van der Waals surface area contributed by atoms with Crippen molar-refractivity contribution in [2.45, 2.75) is 31.5 Å². The van der Waals surface area contributed by atoms with Crippen molar-refractivity contribution in [1.82, 2.24) is 15.5 Å². The van der Waals surface area contributed by atoms with Crippen molar-refractivity contribution >= 4 is 0 Å². The Labute approximate surface area is 109 Å². The third kappa shape index (κ3) is 2.23. The molecule has 2 fully saturated rings. The average molecular weight is 251 g/mol. The van der Waals surface area contributed by atoms with E-state index in [9.17, 15) is 5.11 Å². The summed E-state index contributed by atoms with van der Waals surface area (Å²) in [4.78, 5) is 2.44. The molecule has 4 heteroatoms. The number of nitrogens with one attached hydrogen (secondary N) is 2. The molecule has 4 nitrogen and oxygen atoms in total. The summed E-state index contributed by atoms with van der Waals surface area (Å²) in [5.74, 6) is 1.43. The summed E-state index contributed by atoms with van der Waals surface area (Å²) in [5, 5.41) is 16.4. The van der Waals surface area contributed by atoms with Crippen molar-refractivity contribution in [3.05, 3.63) is 11.6 Å². The monoisotopic (exact) mass is 251 g/mol. The van der Waals surface area contributed by atoms with Crippen LogP contribution in [0.25, 0.3) is 0 Å². The first-order valence-electron chi connectivity index (χ1n) is 7.26. The van der Waals surface area contributed by atoms with E-state index in [0.29, 0.717) is 18.1 Å². The van der Waals surface area contributed by atoms with Crippen LogP contribution in [0.2, 0.25) is 0 Å². The second-order valence-electron chi connectivity index (χ2n) is 6.02. The third-order valence-electron chi connectivity index (χ3n) is 4.89. The number of rotatable bonds is 2. The molecule has 0 radical (unpaired) electrons. The van der Waals surface area contributed by atoms with Gasteiger partial charge in [0.2, 0.25) is 0 Å². The highest BCUT2D eigenvalue weighted by atomic mass is 16.3. The van der Waals surface area contributed by atoms with Gasteiger partial charge in [-0.15, -0.1) is 0 Å². The second kappa shape index (κ2) is 5.29. The van der Waals surface area contributed by atoms with Crippen molar-refractivity contribution in [3.8, 4) is 0 Å². The highest BCUT2D eigenvalue weighted by molar-refractivity contribution is 5.17. The minimum absolute atomic E-state index is 0.270. The Balaban J connectivity index is 1.73. The molecule has 0 aliphatic carbocycles. The number of aliphatic hydroxyl groups is 1. The van der Waals surface area contributed by atoms with Crippen LogP contribution in [0.15, 0.2) is 11.6 Å². The van der Waals surface area contributed by atoms with Crippen molar-refractivity contribution in [2.75, 3.05) is 33.3 Å². The van der Waals surface area contributed by atoms with E-state index >= 15 is 0 Å². The number of hydrogen-bond acceptors (Lipinski definition) is 4. The molecule has 0 saturated carbocycles. The molecule has 3 rings (SSSR count). The average Bonchev–Trinajstić information content (AvgIpc) is 2.77. The number of piperidine rings is 1. The number of nitrogens with zero attached hydrogens (tertiary/aromatic N) is 1. The molecule has 4 unspecified atom stereocenters. The summed E-state index contributed by atoms with van der Waals surface area (Å²) in [6, 6.07) is 0.297. The van der Waals surface area contributed by atoms with Crippen LogP contribution in [0.1, 0.15) is 19.3 Å². The maximum absolute atomic E-state index is 9.31. The van der Waals surface area contributed by atoms with Gasteiger partial charge in [0, 0.05) is 19.1 Å². The summed E-state index contributed by atoms with van der Waals surface area (Å²) in [7, 11) is 2.21. The first-order chi connectivity index (χ1) is 8.79. The van der Waals surface area contributed by atoms with Crippen LogP contribution in [-0.4, -0.2) is 55.5 Å². The van der Waals surface area contributed by atoms with E-state index in [4.69, 9.17) is 0 Å². The molecule has 3 heterocycles. The second-order valence-corrected chi connectivity index (χ2v) is 6.02. The van der Waals surface area contributed by atoms with Gasteiger partial charge in [-0.2, -0.15) is 0 Å². The molecule has 0 aromatic rings. The fraction of sp³-hybridized carbons (Fsp3) is 0.857. The minimum Gasteiger partial charge on any atom is -0.395 e. The first kappa shape index (κ1) is 12.6. The Morgan fingerprint density at radius 3 is 3.06 bits per heavy atom. The van der Waals surface area contributed by atoms with E-state index in [-0.39, 0.29) is 6.61 Å². The molecular weight excluding hydrogens is 226 g/mol. The van der Waals surface area contributed by atoms with Crippen molar-refractivity contribution < 1.29 is 5.11 Å². The van der Waals surface area contributed by atoms with Crippen molar-refractivity contribution in [1.29, 1.82) is 0 Å². The van der Waals surface area contributed by atoms with Gasteiger partial charge in [0.15, 0.2) is 0 Å². The van der Waals surface area contributed by atoms with E-state index in [1.807, 2.05) is 0 Å². The zero-order valence-corrected chi connectivity index (χ0v) is 11.2. The maximum atomic E-state index is 9.31. The summed E-state index contributed by atoms with van der Waals surface area (Å²) in [5.41, 5.74) is 1.62. The van der Waals surface area contributed by atoms with Crippen LogP contribution >= 0.6 is 0 Å². The molecule has 0 aromatic carbocycles. The summed E-state index contributed by atoms with van der Waals surface area (Å²) in [6.45, 7) is 3.64. The highest BCUT2D eigenvalue weighted by Crippen LogP contribution is 2.39. The maximum Gasteiger partial charge on any atom is 0.0633 e. The van der Waals surface area contributed by atoms with E-state index in [2.05, 4.69) is 28.7 Å². The molecule has 0 amide bonds. The Bertz CT molecular complexity index is 331. The van der Waals surface area contributed by atoms with Gasteiger partial charge in [-0.05, 0) is 44.7 Å². The molecular formula is C14H25N3O. The lowest BCUT2D eigenvalue weighted by molar-refractivity contribution is 0.117. The molecule has 3 aliphatic rings. The smallest absolute Gasteiger partial charge is 0.0633 e. The Hall–Kier alpha value is -0.420. The van der Waals surface area contributed by atoms with Gasteiger partial charge in [0.25, 0.3) is 0 Å². The first-order valence-corrected chi connectivity index (χ1v) is 7.26. The molecule has 3 aliphatic heterocycles. The Morgan fingerprint density at radius 2 is 2.33 bits per heavy atom. The predicted molar refractivity (Wildman–Crippen MR) is 72.2 cm³/mol. The van der Waals surface area contributed by atoms with Gasteiger partial charge in [0.05, 0.1) is 12.8 Å². The highest BCUT2D eigenvalue weighted by Gasteiger charge is 2.44. The quantitative estimate of drug-likeness (QED) is 0.612. The number of likely N-dealkylation sites (tertiary alicyclic amines) is 1. The molecule has 0 aromatic heterocycles. The van der Waals surface area contributed by atoms with E-state index in [0.717, 1.165) is 32.0 Å². The molecule has 102 valence electrons. The summed E-state index contributed by atoms with van der Waals surface area (Å²) in [6.07, 6.45) is 6.45. The minimum atomic E-state index is 0.270. The van der Waals surface area contributed by atoms with Gasteiger partial charge < -0.3 is 10.4 Å². The molecule has 4 atom stereocenters. The lowest BCUT2D eigenvalue weighted by atomic mass is 9.80. The number of fused-ring (bicyclic) bond motifs is 1. The van der Waals surface area contributed by atoms with Crippen LogP contribution in [-0.2, 0) is 0 Å². The standard InChI is InChI=1S/C14H25N3O/c1-17-8-13(10-3-2-6-15-7-10)12-5-4-11(9-18)16-14(12)17/h3,11-16,18H,2,4-9H2,1H3. The van der Waals surface area contributed by atoms with Crippen molar-refractivity contribution in [3.63, 3.8) is 0 Å². The largest absolute Gasteiger partial charge is 0.395 e. The van der Waals surface area contributed by atoms with Crippen molar-refractivity contribution in [2.24, 2.45) is 11.8 Å². The number of hydrogen-bond donors (Lipinski definition) is 3. The van der Waals surface area contributed by atoms with Gasteiger partial charge in [0.1, 0.15) is 0 Å². The van der Waals surface area contributed by atoms with E-state index in [1.165, 1.54) is 12.8 Å². The fourth-order valence-electron chi connectivity index (χ4n) is 3.92. The van der Waals surface area contributed by atoms with E-state index in [1.54, 1.807) is 5.57 Å². The summed E-state index contributed by atoms with van der Waals surface area (Å²) < 4.78 is 0. The summed E-state index contributed by atoms with van der Waals surface area (Å²) >= 11 is 0. The van der Waals surface area contributed by atoms with Crippen LogP contribution < -0.4 is 10.6 Å². The SMILES string of the molecule is CN1CC(C2=CCCNC2)C2CCC(CO)NC21. The zero-order valence-electron chi connectivity index (χ0n) is 11.2. The zero-order chi connectivity index (χ0) is 12.5. The molecule has 18 heavy (non-hydrogen) atoms. The van der Waals surface area contributed by atoms with Crippen LogP contribution in [0.3, 0.4) is 0 Å². The normalized spacial score (nSPS) is 41.6. The molecule has 0 bridgehead atoms.